The average molecular weight is 227 g/mol. The Morgan fingerprint density at radius 2 is 1.81 bits per heavy atom. The van der Waals surface area contributed by atoms with E-state index in [1.807, 2.05) is 0 Å². The van der Waals surface area contributed by atoms with Crippen LogP contribution in [0.15, 0.2) is 0 Å². The zero-order chi connectivity index (χ0) is 11.7. The lowest BCUT2D eigenvalue weighted by molar-refractivity contribution is -0.143. The van der Waals surface area contributed by atoms with Gasteiger partial charge >= 0.3 is 5.97 Å². The van der Waals surface area contributed by atoms with Crippen LogP contribution >= 0.6 is 0 Å². The van der Waals surface area contributed by atoms with Crippen LogP contribution in [0.25, 0.3) is 0 Å². The van der Waals surface area contributed by atoms with Gasteiger partial charge in [0.25, 0.3) is 0 Å². The van der Waals surface area contributed by atoms with E-state index in [4.69, 9.17) is 10.2 Å². The summed E-state index contributed by atoms with van der Waals surface area (Å²) in [6.07, 6.45) is 4.51. The summed E-state index contributed by atoms with van der Waals surface area (Å²) in [6.45, 7) is -0.552. The van der Waals surface area contributed by atoms with Gasteiger partial charge in [-0.2, -0.15) is 0 Å². The first-order chi connectivity index (χ1) is 7.65. The van der Waals surface area contributed by atoms with Crippen LogP contribution in [-0.4, -0.2) is 34.7 Å². The molecule has 0 aromatic heterocycles. The van der Waals surface area contributed by atoms with Crippen molar-refractivity contribution in [3.05, 3.63) is 0 Å². The summed E-state index contributed by atoms with van der Waals surface area (Å²) in [5.41, 5.74) is 0. The van der Waals surface area contributed by atoms with Crippen LogP contribution < -0.4 is 5.32 Å². The highest BCUT2D eigenvalue weighted by Crippen LogP contribution is 2.55. The highest BCUT2D eigenvalue weighted by Gasteiger charge is 2.54. The second kappa shape index (κ2) is 4.41. The summed E-state index contributed by atoms with van der Waals surface area (Å²) < 4.78 is 0. The average Bonchev–Trinajstić information content (AvgIpc) is 2.99. The molecule has 1 amide bonds. The highest BCUT2D eigenvalue weighted by atomic mass is 16.4. The fraction of sp³-hybridized carbons (Fsp3) is 0.818. The van der Waals surface area contributed by atoms with Gasteiger partial charge in [-0.25, -0.2) is 4.79 Å². The lowest BCUT2D eigenvalue weighted by Gasteiger charge is -2.11. The number of aliphatic carboxylic acids is 1. The molecule has 0 spiro atoms. The third-order valence-corrected chi connectivity index (χ3v) is 3.76. The second-order valence-electron chi connectivity index (χ2n) is 4.72. The Morgan fingerprint density at radius 1 is 1.25 bits per heavy atom. The SMILES string of the molecule is O=C(N[C@H](CO)C(=O)O)C1C2CCCCC21. The highest BCUT2D eigenvalue weighted by molar-refractivity contribution is 5.87. The maximum absolute atomic E-state index is 11.8. The number of nitrogens with one attached hydrogen (secondary N) is 1. The summed E-state index contributed by atoms with van der Waals surface area (Å²) >= 11 is 0. The Kier molecular flexibility index (Phi) is 3.14. The summed E-state index contributed by atoms with van der Waals surface area (Å²) in [4.78, 5) is 22.4. The van der Waals surface area contributed by atoms with E-state index in [0.29, 0.717) is 11.8 Å². The monoisotopic (exact) mass is 227 g/mol. The number of aliphatic hydroxyl groups is 1. The van der Waals surface area contributed by atoms with Crippen molar-refractivity contribution < 1.29 is 19.8 Å². The van der Waals surface area contributed by atoms with Gasteiger partial charge in [-0.3, -0.25) is 4.79 Å². The number of aliphatic hydroxyl groups excluding tert-OH is 1. The van der Waals surface area contributed by atoms with E-state index in [1.165, 1.54) is 12.8 Å². The van der Waals surface area contributed by atoms with Crippen molar-refractivity contribution in [2.75, 3.05) is 6.61 Å². The fourth-order valence-corrected chi connectivity index (χ4v) is 2.83. The lowest BCUT2D eigenvalue weighted by Crippen LogP contribution is -2.44. The maximum atomic E-state index is 11.8. The molecule has 2 rings (SSSR count). The van der Waals surface area contributed by atoms with Crippen molar-refractivity contribution in [1.29, 1.82) is 0 Å². The van der Waals surface area contributed by atoms with E-state index < -0.39 is 18.6 Å². The zero-order valence-corrected chi connectivity index (χ0v) is 9.06. The number of rotatable bonds is 4. The van der Waals surface area contributed by atoms with Crippen molar-refractivity contribution in [2.45, 2.75) is 31.7 Å². The molecule has 0 aliphatic heterocycles. The topological polar surface area (TPSA) is 86.6 Å². The molecular formula is C11H17NO4. The van der Waals surface area contributed by atoms with Crippen LogP contribution in [0, 0.1) is 17.8 Å². The molecule has 0 saturated heterocycles. The predicted octanol–water partition coefficient (Wildman–Crippen LogP) is -0.0157. The third kappa shape index (κ3) is 2.04. The Balaban J connectivity index is 1.87. The Labute approximate surface area is 93.8 Å². The first-order valence-corrected chi connectivity index (χ1v) is 5.79. The Hall–Kier alpha value is -1.10. The van der Waals surface area contributed by atoms with Gasteiger partial charge in [0.2, 0.25) is 5.91 Å². The molecule has 3 atom stereocenters. The van der Waals surface area contributed by atoms with Gasteiger partial charge in [-0.1, -0.05) is 12.8 Å². The minimum atomic E-state index is -1.18. The summed E-state index contributed by atoms with van der Waals surface area (Å²) in [6, 6.07) is -1.16. The Morgan fingerprint density at radius 3 is 2.25 bits per heavy atom. The molecule has 2 aliphatic rings. The van der Waals surface area contributed by atoms with Crippen molar-refractivity contribution >= 4 is 11.9 Å². The number of carboxylic acids is 1. The zero-order valence-electron chi connectivity index (χ0n) is 9.06. The van der Waals surface area contributed by atoms with Gasteiger partial charge in [0, 0.05) is 5.92 Å². The smallest absolute Gasteiger partial charge is 0.328 e. The molecule has 5 heteroatoms. The molecule has 2 unspecified atom stereocenters. The van der Waals surface area contributed by atoms with Gasteiger partial charge in [0.15, 0.2) is 0 Å². The van der Waals surface area contributed by atoms with Gasteiger partial charge in [0.05, 0.1) is 6.61 Å². The number of amides is 1. The maximum Gasteiger partial charge on any atom is 0.328 e. The van der Waals surface area contributed by atoms with Crippen molar-refractivity contribution in [2.24, 2.45) is 17.8 Å². The summed E-state index contributed by atoms with van der Waals surface area (Å²) in [7, 11) is 0. The minimum Gasteiger partial charge on any atom is -0.480 e. The first kappa shape index (κ1) is 11.4. The summed E-state index contributed by atoms with van der Waals surface area (Å²) in [5.74, 6) is -0.461. The van der Waals surface area contributed by atoms with Gasteiger partial charge in [0.1, 0.15) is 6.04 Å². The molecule has 16 heavy (non-hydrogen) atoms. The fourth-order valence-electron chi connectivity index (χ4n) is 2.83. The molecule has 90 valence electrons. The van der Waals surface area contributed by atoms with E-state index in [9.17, 15) is 9.59 Å². The van der Waals surface area contributed by atoms with E-state index in [1.54, 1.807) is 0 Å². The molecule has 2 fully saturated rings. The largest absolute Gasteiger partial charge is 0.480 e. The van der Waals surface area contributed by atoms with Gasteiger partial charge in [-0.15, -0.1) is 0 Å². The van der Waals surface area contributed by atoms with Crippen LogP contribution in [0.3, 0.4) is 0 Å². The van der Waals surface area contributed by atoms with E-state index >= 15 is 0 Å². The quantitative estimate of drug-likeness (QED) is 0.630. The van der Waals surface area contributed by atoms with Crippen LogP contribution in [0.2, 0.25) is 0 Å². The van der Waals surface area contributed by atoms with Crippen LogP contribution in [-0.2, 0) is 9.59 Å². The molecule has 5 nitrogen and oxygen atoms in total. The summed E-state index contributed by atoms with van der Waals surface area (Å²) in [5, 5.41) is 19.9. The van der Waals surface area contributed by atoms with E-state index in [-0.39, 0.29) is 11.8 Å². The second-order valence-corrected chi connectivity index (χ2v) is 4.72. The number of fused-ring (bicyclic) bond motifs is 1. The molecule has 0 aromatic rings. The number of hydrogen-bond donors (Lipinski definition) is 3. The molecule has 0 aromatic carbocycles. The van der Waals surface area contributed by atoms with E-state index in [0.717, 1.165) is 12.8 Å². The Bertz CT molecular complexity index is 292. The van der Waals surface area contributed by atoms with Gasteiger partial charge < -0.3 is 15.5 Å². The minimum absolute atomic E-state index is 0.00380. The number of carboxylic acid groups (broad SMARTS) is 1. The third-order valence-electron chi connectivity index (χ3n) is 3.76. The standard InChI is InChI=1S/C11H17NO4/c13-5-8(11(15)16)12-10(14)9-6-3-1-2-4-7(6)9/h6-9,13H,1-5H2,(H,12,14)(H,15,16)/t6?,7?,8-,9?/m1/s1. The molecule has 2 aliphatic carbocycles. The first-order valence-electron chi connectivity index (χ1n) is 5.79. The van der Waals surface area contributed by atoms with Crippen molar-refractivity contribution in [3.8, 4) is 0 Å². The molecular weight excluding hydrogens is 210 g/mol. The number of hydrogen-bond acceptors (Lipinski definition) is 3. The van der Waals surface area contributed by atoms with Crippen molar-refractivity contribution in [3.63, 3.8) is 0 Å². The van der Waals surface area contributed by atoms with Gasteiger partial charge in [-0.05, 0) is 24.7 Å². The molecule has 0 radical (unpaired) electrons. The number of carbonyl (C=O) groups is 2. The van der Waals surface area contributed by atoms with E-state index in [2.05, 4.69) is 5.32 Å². The molecule has 3 N–H and O–H groups in total. The molecule has 2 saturated carbocycles. The van der Waals surface area contributed by atoms with Crippen molar-refractivity contribution in [1.82, 2.24) is 5.32 Å². The van der Waals surface area contributed by atoms with Crippen LogP contribution in [0.5, 0.6) is 0 Å². The van der Waals surface area contributed by atoms with Crippen LogP contribution in [0.1, 0.15) is 25.7 Å². The number of carbonyl (C=O) groups excluding carboxylic acids is 1. The lowest BCUT2D eigenvalue weighted by atomic mass is 10.0. The predicted molar refractivity (Wildman–Crippen MR) is 55.6 cm³/mol. The molecule has 0 heterocycles. The normalized spacial score (nSPS) is 33.7. The van der Waals surface area contributed by atoms with Crippen LogP contribution in [0.4, 0.5) is 0 Å². The molecule has 0 bridgehead atoms.